The van der Waals surface area contributed by atoms with Crippen LogP contribution in [-0.4, -0.2) is 22.5 Å². The molecule has 0 radical (unpaired) electrons. The van der Waals surface area contributed by atoms with Crippen molar-refractivity contribution in [1.82, 2.24) is 9.97 Å². The molecule has 0 aliphatic rings. The fourth-order valence-electron chi connectivity index (χ4n) is 3.08. The molecular weight excluding hydrogens is 370 g/mol. The van der Waals surface area contributed by atoms with Crippen molar-refractivity contribution in [3.8, 4) is 16.2 Å². The normalized spacial score (nSPS) is 10.8. The Hall–Kier alpha value is -3.25. The molecule has 6 heteroatoms. The van der Waals surface area contributed by atoms with E-state index in [1.165, 1.54) is 11.3 Å². The van der Waals surface area contributed by atoms with Gasteiger partial charge in [0.2, 0.25) is 0 Å². The monoisotopic (exact) mass is 389 g/mol. The zero-order valence-electron chi connectivity index (χ0n) is 15.6. The molecule has 2 heterocycles. The van der Waals surface area contributed by atoms with Crippen molar-refractivity contribution >= 4 is 33.8 Å². The molecule has 0 fully saturated rings. The highest BCUT2D eigenvalue weighted by Crippen LogP contribution is 2.33. The van der Waals surface area contributed by atoms with Gasteiger partial charge in [-0.2, -0.15) is 0 Å². The minimum absolute atomic E-state index is 0.238. The smallest absolute Gasteiger partial charge is 0.275 e. The van der Waals surface area contributed by atoms with E-state index in [1.54, 1.807) is 6.20 Å². The number of nitrogens with zero attached hydrogens (tertiary/aromatic N) is 2. The van der Waals surface area contributed by atoms with Gasteiger partial charge in [0.15, 0.2) is 0 Å². The third-order valence-electron chi connectivity index (χ3n) is 4.27. The van der Waals surface area contributed by atoms with Gasteiger partial charge >= 0.3 is 0 Å². The number of carbonyl (C=O) groups is 1. The van der Waals surface area contributed by atoms with Crippen molar-refractivity contribution in [3.63, 3.8) is 0 Å². The Bertz CT molecular complexity index is 1140. The summed E-state index contributed by atoms with van der Waals surface area (Å²) in [5.74, 6) is 0.461. The van der Waals surface area contributed by atoms with Gasteiger partial charge in [-0.1, -0.05) is 30.3 Å². The molecule has 0 aliphatic carbocycles. The Morgan fingerprint density at radius 2 is 1.93 bits per heavy atom. The molecule has 0 spiro atoms. The zero-order valence-corrected chi connectivity index (χ0v) is 16.4. The van der Waals surface area contributed by atoms with Crippen LogP contribution in [0.2, 0.25) is 0 Å². The van der Waals surface area contributed by atoms with Crippen LogP contribution in [0.25, 0.3) is 21.3 Å². The summed E-state index contributed by atoms with van der Waals surface area (Å²) in [5, 5.41) is 4.68. The Morgan fingerprint density at radius 3 is 2.71 bits per heavy atom. The van der Waals surface area contributed by atoms with Crippen LogP contribution in [0.3, 0.4) is 0 Å². The summed E-state index contributed by atoms with van der Waals surface area (Å²) >= 11 is 1.51. The van der Waals surface area contributed by atoms with Gasteiger partial charge in [-0.3, -0.25) is 9.78 Å². The maximum absolute atomic E-state index is 13.1. The summed E-state index contributed by atoms with van der Waals surface area (Å²) in [6.45, 7) is 4.39. The first-order valence-electron chi connectivity index (χ1n) is 9.02. The molecular formula is C22H19N3O2S. The van der Waals surface area contributed by atoms with E-state index in [9.17, 15) is 4.79 Å². The second kappa shape index (κ2) is 7.78. The molecule has 2 aromatic heterocycles. The topological polar surface area (TPSA) is 64.1 Å². The van der Waals surface area contributed by atoms with E-state index in [2.05, 4.69) is 15.3 Å². The molecule has 4 rings (SSSR count). The van der Waals surface area contributed by atoms with Crippen molar-refractivity contribution in [2.45, 2.75) is 13.8 Å². The number of benzene rings is 2. The minimum atomic E-state index is -0.238. The van der Waals surface area contributed by atoms with E-state index in [-0.39, 0.29) is 5.91 Å². The molecule has 5 nitrogen and oxygen atoms in total. The highest BCUT2D eigenvalue weighted by atomic mass is 32.1. The van der Waals surface area contributed by atoms with Crippen LogP contribution in [-0.2, 0) is 0 Å². The number of aromatic nitrogens is 2. The average molecular weight is 389 g/mol. The highest BCUT2D eigenvalue weighted by Gasteiger charge is 2.19. The van der Waals surface area contributed by atoms with E-state index >= 15 is 0 Å². The number of nitrogens with one attached hydrogen (secondary N) is 1. The lowest BCUT2D eigenvalue weighted by Crippen LogP contribution is -2.14. The van der Waals surface area contributed by atoms with Crippen molar-refractivity contribution in [2.24, 2.45) is 0 Å². The third kappa shape index (κ3) is 3.46. The van der Waals surface area contributed by atoms with Gasteiger partial charge in [0, 0.05) is 11.6 Å². The lowest BCUT2D eigenvalue weighted by Gasteiger charge is -2.12. The summed E-state index contributed by atoms with van der Waals surface area (Å²) in [6, 6.07) is 17.3. The van der Waals surface area contributed by atoms with Gasteiger partial charge in [0.1, 0.15) is 17.0 Å². The summed E-state index contributed by atoms with van der Waals surface area (Å²) in [5.41, 5.74) is 2.82. The molecule has 1 N–H and O–H groups in total. The van der Waals surface area contributed by atoms with Crippen LogP contribution >= 0.6 is 11.3 Å². The van der Waals surface area contributed by atoms with E-state index < -0.39 is 0 Å². The molecule has 0 saturated carbocycles. The molecule has 1 amide bonds. The number of anilines is 1. The molecule has 0 atom stereocenters. The molecule has 140 valence electrons. The van der Waals surface area contributed by atoms with Crippen molar-refractivity contribution in [1.29, 1.82) is 0 Å². The first-order valence-corrected chi connectivity index (χ1v) is 9.83. The van der Waals surface area contributed by atoms with E-state index in [0.717, 1.165) is 26.4 Å². The SMILES string of the molecule is CCOc1ccc(NC(=O)c2nc(C)sc2-c2ccccc2)c2cccnc12. The lowest BCUT2D eigenvalue weighted by molar-refractivity contribution is 0.102. The molecule has 0 saturated heterocycles. The van der Waals surface area contributed by atoms with E-state index in [0.29, 0.717) is 23.7 Å². The highest BCUT2D eigenvalue weighted by molar-refractivity contribution is 7.15. The largest absolute Gasteiger partial charge is 0.492 e. The maximum Gasteiger partial charge on any atom is 0.275 e. The Kier molecular flexibility index (Phi) is 5.04. The quantitative estimate of drug-likeness (QED) is 0.502. The summed E-state index contributed by atoms with van der Waals surface area (Å²) in [4.78, 5) is 22.8. The van der Waals surface area contributed by atoms with E-state index in [4.69, 9.17) is 4.74 Å². The predicted molar refractivity (Wildman–Crippen MR) is 113 cm³/mol. The minimum Gasteiger partial charge on any atom is -0.492 e. The fraction of sp³-hybridized carbons (Fsp3) is 0.136. The van der Waals surface area contributed by atoms with Crippen molar-refractivity contribution in [3.05, 3.63) is 71.5 Å². The number of fused-ring (bicyclic) bond motifs is 1. The molecule has 2 aromatic carbocycles. The second-order valence-electron chi connectivity index (χ2n) is 6.17. The van der Waals surface area contributed by atoms with Crippen molar-refractivity contribution in [2.75, 3.05) is 11.9 Å². The number of thiazole rings is 1. The number of ether oxygens (including phenoxy) is 1. The number of carbonyl (C=O) groups excluding carboxylic acids is 1. The Morgan fingerprint density at radius 1 is 1.11 bits per heavy atom. The number of pyridine rings is 1. The first kappa shape index (κ1) is 18.1. The maximum atomic E-state index is 13.1. The molecule has 0 unspecified atom stereocenters. The Labute approximate surface area is 167 Å². The van der Waals surface area contributed by atoms with Crippen LogP contribution in [0.5, 0.6) is 5.75 Å². The van der Waals surface area contributed by atoms with Crippen molar-refractivity contribution < 1.29 is 9.53 Å². The van der Waals surface area contributed by atoms with Crippen LogP contribution in [0, 0.1) is 6.92 Å². The average Bonchev–Trinajstić information content (AvgIpc) is 3.12. The van der Waals surface area contributed by atoms with Gasteiger partial charge in [0.25, 0.3) is 5.91 Å². The summed E-state index contributed by atoms with van der Waals surface area (Å²) in [6.07, 6.45) is 1.72. The molecule has 0 bridgehead atoms. The number of hydrogen-bond donors (Lipinski definition) is 1. The second-order valence-corrected chi connectivity index (χ2v) is 7.38. The predicted octanol–water partition coefficient (Wildman–Crippen LogP) is 5.32. The van der Waals surface area contributed by atoms with Crippen LogP contribution < -0.4 is 10.1 Å². The van der Waals surface area contributed by atoms with E-state index in [1.807, 2.05) is 68.4 Å². The number of amides is 1. The summed E-state index contributed by atoms with van der Waals surface area (Å²) < 4.78 is 5.66. The Balaban J connectivity index is 1.72. The van der Waals surface area contributed by atoms with Crippen LogP contribution in [0.1, 0.15) is 22.4 Å². The third-order valence-corrected chi connectivity index (χ3v) is 5.29. The lowest BCUT2D eigenvalue weighted by atomic mass is 10.1. The van der Waals surface area contributed by atoms with Gasteiger partial charge in [-0.25, -0.2) is 4.98 Å². The number of aryl methyl sites for hydroxylation is 1. The van der Waals surface area contributed by atoms with Gasteiger partial charge in [0.05, 0.1) is 22.2 Å². The number of hydrogen-bond acceptors (Lipinski definition) is 5. The molecule has 4 aromatic rings. The first-order chi connectivity index (χ1) is 13.7. The van der Waals surface area contributed by atoms with Gasteiger partial charge in [-0.15, -0.1) is 11.3 Å². The summed E-state index contributed by atoms with van der Waals surface area (Å²) in [7, 11) is 0. The van der Waals surface area contributed by atoms with Crippen LogP contribution in [0.15, 0.2) is 60.8 Å². The molecule has 0 aliphatic heterocycles. The number of rotatable bonds is 5. The van der Waals surface area contributed by atoms with Gasteiger partial charge < -0.3 is 10.1 Å². The molecule has 28 heavy (non-hydrogen) atoms. The zero-order chi connectivity index (χ0) is 19.5. The fourth-order valence-corrected chi connectivity index (χ4v) is 4.00. The standard InChI is InChI=1S/C22H19N3O2S/c1-3-27-18-12-11-17(16-10-7-13-23-19(16)18)25-22(26)20-21(28-14(2)24-20)15-8-5-4-6-9-15/h4-13H,3H2,1-2H3,(H,25,26). The van der Waals surface area contributed by atoms with Crippen LogP contribution in [0.4, 0.5) is 5.69 Å². The van der Waals surface area contributed by atoms with Gasteiger partial charge in [-0.05, 0) is 43.7 Å².